The molecule has 1 atom stereocenters. The molecule has 1 unspecified atom stereocenters. The van der Waals surface area contributed by atoms with Gasteiger partial charge in [-0.15, -0.1) is 0 Å². The van der Waals surface area contributed by atoms with Crippen molar-refractivity contribution in [3.8, 4) is 11.3 Å². The molecular formula is C12H14N4O. The summed E-state index contributed by atoms with van der Waals surface area (Å²) < 4.78 is 5.64. The Morgan fingerprint density at radius 1 is 1.35 bits per heavy atom. The molecule has 3 rings (SSSR count). The van der Waals surface area contributed by atoms with Crippen LogP contribution in [0.5, 0.6) is 0 Å². The minimum Gasteiger partial charge on any atom is -0.368 e. The van der Waals surface area contributed by atoms with Crippen molar-refractivity contribution in [2.45, 2.75) is 6.10 Å². The standard InChI is InChI=1S/C12H14N4O/c1-3-13-7-9(1)10-2-4-15-12(16-10)11-8-14-5-6-17-11/h1-4,7,11,13-14H,5-6,8H2. The van der Waals surface area contributed by atoms with E-state index in [-0.39, 0.29) is 6.10 Å². The first kappa shape index (κ1) is 10.4. The minimum absolute atomic E-state index is 0.0392. The van der Waals surface area contributed by atoms with Crippen LogP contribution >= 0.6 is 0 Å². The first-order valence-electron chi connectivity index (χ1n) is 5.72. The fourth-order valence-corrected chi connectivity index (χ4v) is 1.90. The fourth-order valence-electron chi connectivity index (χ4n) is 1.90. The predicted molar refractivity (Wildman–Crippen MR) is 63.4 cm³/mol. The van der Waals surface area contributed by atoms with Crippen molar-refractivity contribution < 1.29 is 4.74 Å². The van der Waals surface area contributed by atoms with Crippen LogP contribution in [0.3, 0.4) is 0 Å². The Labute approximate surface area is 99.3 Å². The highest BCUT2D eigenvalue weighted by Gasteiger charge is 2.18. The highest BCUT2D eigenvalue weighted by molar-refractivity contribution is 5.57. The minimum atomic E-state index is -0.0392. The van der Waals surface area contributed by atoms with Gasteiger partial charge >= 0.3 is 0 Å². The molecule has 0 saturated carbocycles. The zero-order valence-corrected chi connectivity index (χ0v) is 9.39. The van der Waals surface area contributed by atoms with Crippen LogP contribution in [0.25, 0.3) is 11.3 Å². The molecule has 0 aromatic carbocycles. The highest BCUT2D eigenvalue weighted by Crippen LogP contribution is 2.19. The van der Waals surface area contributed by atoms with Crippen LogP contribution in [0.1, 0.15) is 11.9 Å². The molecule has 1 aliphatic heterocycles. The van der Waals surface area contributed by atoms with Gasteiger partial charge in [0.2, 0.25) is 0 Å². The average Bonchev–Trinajstić information content (AvgIpc) is 2.94. The van der Waals surface area contributed by atoms with Gasteiger partial charge in [0.15, 0.2) is 5.82 Å². The molecule has 1 aliphatic rings. The molecule has 0 amide bonds. The molecular weight excluding hydrogens is 216 g/mol. The summed E-state index contributed by atoms with van der Waals surface area (Å²) in [5.41, 5.74) is 1.99. The molecule has 0 bridgehead atoms. The smallest absolute Gasteiger partial charge is 0.159 e. The number of hydrogen-bond acceptors (Lipinski definition) is 4. The van der Waals surface area contributed by atoms with Gasteiger partial charge in [-0.05, 0) is 12.1 Å². The summed E-state index contributed by atoms with van der Waals surface area (Å²) in [4.78, 5) is 11.9. The third kappa shape index (κ3) is 2.20. The number of rotatable bonds is 2. The van der Waals surface area contributed by atoms with Crippen LogP contribution < -0.4 is 5.32 Å². The van der Waals surface area contributed by atoms with Gasteiger partial charge in [0, 0.05) is 37.2 Å². The van der Waals surface area contributed by atoms with E-state index in [1.54, 1.807) is 6.20 Å². The second-order valence-corrected chi connectivity index (χ2v) is 3.96. The van der Waals surface area contributed by atoms with Gasteiger partial charge < -0.3 is 15.0 Å². The number of morpholine rings is 1. The fraction of sp³-hybridized carbons (Fsp3) is 0.333. The summed E-state index contributed by atoms with van der Waals surface area (Å²) in [6.45, 7) is 2.38. The number of aromatic amines is 1. The summed E-state index contributed by atoms with van der Waals surface area (Å²) in [5, 5.41) is 3.28. The number of hydrogen-bond donors (Lipinski definition) is 2. The quantitative estimate of drug-likeness (QED) is 0.812. The summed E-state index contributed by atoms with van der Waals surface area (Å²) in [6, 6.07) is 3.90. The predicted octanol–water partition coefficient (Wildman–Crippen LogP) is 1.13. The summed E-state index contributed by atoms with van der Waals surface area (Å²) in [6.07, 6.45) is 5.55. The Morgan fingerprint density at radius 2 is 2.35 bits per heavy atom. The van der Waals surface area contributed by atoms with Crippen molar-refractivity contribution in [3.63, 3.8) is 0 Å². The van der Waals surface area contributed by atoms with E-state index in [1.807, 2.05) is 24.5 Å². The molecule has 88 valence electrons. The largest absolute Gasteiger partial charge is 0.368 e. The maximum atomic E-state index is 5.64. The molecule has 2 aromatic heterocycles. The maximum Gasteiger partial charge on any atom is 0.159 e. The lowest BCUT2D eigenvalue weighted by Crippen LogP contribution is -2.34. The molecule has 1 saturated heterocycles. The van der Waals surface area contributed by atoms with Gasteiger partial charge in [-0.1, -0.05) is 0 Å². The second-order valence-electron chi connectivity index (χ2n) is 3.96. The first-order valence-corrected chi connectivity index (χ1v) is 5.72. The van der Waals surface area contributed by atoms with Gasteiger partial charge in [0.05, 0.1) is 12.3 Å². The van der Waals surface area contributed by atoms with Crippen LogP contribution in [-0.4, -0.2) is 34.6 Å². The number of ether oxygens (including phenoxy) is 1. The van der Waals surface area contributed by atoms with Gasteiger partial charge in [0.1, 0.15) is 6.10 Å². The molecule has 1 fully saturated rings. The summed E-state index contributed by atoms with van der Waals surface area (Å²) >= 11 is 0. The highest BCUT2D eigenvalue weighted by atomic mass is 16.5. The zero-order chi connectivity index (χ0) is 11.5. The van der Waals surface area contributed by atoms with E-state index >= 15 is 0 Å². The van der Waals surface area contributed by atoms with Crippen LogP contribution in [0.15, 0.2) is 30.7 Å². The first-order chi connectivity index (χ1) is 8.43. The Bertz CT molecular complexity index is 477. The molecule has 17 heavy (non-hydrogen) atoms. The molecule has 2 N–H and O–H groups in total. The maximum absolute atomic E-state index is 5.64. The van der Waals surface area contributed by atoms with Crippen LogP contribution in [0, 0.1) is 0 Å². The van der Waals surface area contributed by atoms with Crippen molar-refractivity contribution in [2.75, 3.05) is 19.7 Å². The summed E-state index contributed by atoms with van der Waals surface area (Å²) in [7, 11) is 0. The molecule has 0 spiro atoms. The van der Waals surface area contributed by atoms with Crippen LogP contribution in [-0.2, 0) is 4.74 Å². The van der Waals surface area contributed by atoms with Gasteiger partial charge in [-0.2, -0.15) is 0 Å². The number of H-pyrrole nitrogens is 1. The Hall–Kier alpha value is -1.72. The van der Waals surface area contributed by atoms with E-state index in [4.69, 9.17) is 4.74 Å². The lowest BCUT2D eigenvalue weighted by atomic mass is 10.2. The van der Waals surface area contributed by atoms with Crippen molar-refractivity contribution in [1.29, 1.82) is 0 Å². The number of aromatic nitrogens is 3. The van der Waals surface area contributed by atoms with E-state index in [9.17, 15) is 0 Å². The lowest BCUT2D eigenvalue weighted by molar-refractivity contribution is 0.0222. The van der Waals surface area contributed by atoms with Gasteiger partial charge in [-0.25, -0.2) is 9.97 Å². The van der Waals surface area contributed by atoms with E-state index in [1.165, 1.54) is 0 Å². The van der Waals surface area contributed by atoms with Gasteiger partial charge in [-0.3, -0.25) is 0 Å². The molecule has 2 aromatic rings. The Balaban J connectivity index is 1.88. The number of nitrogens with zero attached hydrogens (tertiary/aromatic N) is 2. The van der Waals surface area contributed by atoms with E-state index in [0.29, 0.717) is 6.61 Å². The van der Waals surface area contributed by atoms with Crippen LogP contribution in [0.4, 0.5) is 0 Å². The van der Waals surface area contributed by atoms with Crippen LogP contribution in [0.2, 0.25) is 0 Å². The Morgan fingerprint density at radius 3 is 3.12 bits per heavy atom. The van der Waals surface area contributed by atoms with E-state index in [0.717, 1.165) is 30.2 Å². The van der Waals surface area contributed by atoms with Crippen molar-refractivity contribution >= 4 is 0 Å². The van der Waals surface area contributed by atoms with E-state index in [2.05, 4.69) is 20.3 Å². The average molecular weight is 230 g/mol. The topological polar surface area (TPSA) is 62.8 Å². The normalized spacial score (nSPS) is 20.4. The number of nitrogens with one attached hydrogen (secondary N) is 2. The Kier molecular flexibility index (Phi) is 2.85. The molecule has 3 heterocycles. The monoisotopic (exact) mass is 230 g/mol. The van der Waals surface area contributed by atoms with Crippen molar-refractivity contribution in [1.82, 2.24) is 20.3 Å². The van der Waals surface area contributed by atoms with E-state index < -0.39 is 0 Å². The molecule has 5 heteroatoms. The van der Waals surface area contributed by atoms with Gasteiger partial charge in [0.25, 0.3) is 0 Å². The second kappa shape index (κ2) is 4.65. The van der Waals surface area contributed by atoms with Crippen molar-refractivity contribution in [2.24, 2.45) is 0 Å². The SMILES string of the molecule is c1cc(-c2cc[nH]c2)nc(C2CNCCO2)n1. The van der Waals surface area contributed by atoms with Crippen molar-refractivity contribution in [3.05, 3.63) is 36.5 Å². The molecule has 0 radical (unpaired) electrons. The zero-order valence-electron chi connectivity index (χ0n) is 9.39. The lowest BCUT2D eigenvalue weighted by Gasteiger charge is -2.22. The third-order valence-corrected chi connectivity index (χ3v) is 2.78. The molecule has 5 nitrogen and oxygen atoms in total. The molecule has 0 aliphatic carbocycles. The third-order valence-electron chi connectivity index (χ3n) is 2.78. The summed E-state index contributed by atoms with van der Waals surface area (Å²) in [5.74, 6) is 0.746.